The average Bonchev–Trinajstić information content (AvgIpc) is 3.30. The van der Waals surface area contributed by atoms with Gasteiger partial charge in [0.05, 0.1) is 6.54 Å². The summed E-state index contributed by atoms with van der Waals surface area (Å²) < 4.78 is 13.4. The maximum Gasteiger partial charge on any atom is 0.270 e. The molecule has 0 radical (unpaired) electrons. The first kappa shape index (κ1) is 25.5. The van der Waals surface area contributed by atoms with Gasteiger partial charge in [0, 0.05) is 24.5 Å². The predicted molar refractivity (Wildman–Crippen MR) is 141 cm³/mol. The number of carbonyl (C=O) groups excluding carboxylic acids is 1. The van der Waals surface area contributed by atoms with Gasteiger partial charge in [0.15, 0.2) is 0 Å². The summed E-state index contributed by atoms with van der Waals surface area (Å²) in [5.41, 5.74) is 4.19. The second-order valence-corrected chi connectivity index (χ2v) is 11.6. The van der Waals surface area contributed by atoms with Crippen LogP contribution in [0.4, 0.5) is 4.39 Å². The highest BCUT2D eigenvalue weighted by atomic mass is 32.1. The van der Waals surface area contributed by atoms with Crippen LogP contribution in [0.2, 0.25) is 0 Å². The number of rotatable bonds is 8. The number of hydrogen-bond acceptors (Lipinski definition) is 4. The number of thiazole rings is 1. The molecule has 0 saturated heterocycles. The largest absolute Gasteiger partial charge is 0.348 e. The van der Waals surface area contributed by atoms with E-state index in [0.29, 0.717) is 18.8 Å². The van der Waals surface area contributed by atoms with Gasteiger partial charge in [-0.25, -0.2) is 9.37 Å². The Bertz CT molecular complexity index is 1100. The molecule has 1 heterocycles. The molecule has 3 aromatic rings. The first-order chi connectivity index (χ1) is 16.8. The zero-order chi connectivity index (χ0) is 24.8. The van der Waals surface area contributed by atoms with Crippen LogP contribution in [0.1, 0.15) is 85.1 Å². The Hall–Kier alpha value is -2.57. The molecule has 1 fully saturated rings. The van der Waals surface area contributed by atoms with Crippen LogP contribution >= 0.6 is 11.3 Å². The average molecular weight is 494 g/mol. The third-order valence-electron chi connectivity index (χ3n) is 6.63. The van der Waals surface area contributed by atoms with Crippen molar-refractivity contribution in [1.29, 1.82) is 0 Å². The molecule has 1 N–H and O–H groups in total. The van der Waals surface area contributed by atoms with Crippen molar-refractivity contribution >= 4 is 17.2 Å². The monoisotopic (exact) mass is 493 g/mol. The van der Waals surface area contributed by atoms with Gasteiger partial charge in [-0.15, -0.1) is 11.3 Å². The maximum atomic E-state index is 13.4. The second kappa shape index (κ2) is 11.4. The molecular formula is C29H36FN3OS. The van der Waals surface area contributed by atoms with E-state index in [1.54, 1.807) is 0 Å². The number of hydrogen-bond donors (Lipinski definition) is 1. The van der Waals surface area contributed by atoms with Crippen LogP contribution in [0, 0.1) is 5.82 Å². The number of nitrogens with zero attached hydrogens (tertiary/aromatic N) is 2. The summed E-state index contributed by atoms with van der Waals surface area (Å²) in [6.07, 6.45) is 5.74. The minimum atomic E-state index is -0.230. The van der Waals surface area contributed by atoms with Crippen molar-refractivity contribution in [3.05, 3.63) is 87.1 Å². The van der Waals surface area contributed by atoms with Crippen LogP contribution in [-0.4, -0.2) is 21.8 Å². The topological polar surface area (TPSA) is 45.2 Å². The van der Waals surface area contributed by atoms with Crippen molar-refractivity contribution in [2.45, 2.75) is 84.0 Å². The molecule has 35 heavy (non-hydrogen) atoms. The third-order valence-corrected chi connectivity index (χ3v) is 7.46. The lowest BCUT2D eigenvalue weighted by molar-refractivity contribution is 0.0923. The molecule has 186 valence electrons. The summed E-state index contributed by atoms with van der Waals surface area (Å²) in [5, 5.41) is 5.93. The summed E-state index contributed by atoms with van der Waals surface area (Å²) in [7, 11) is 0. The van der Waals surface area contributed by atoms with Crippen LogP contribution in [0.25, 0.3) is 0 Å². The van der Waals surface area contributed by atoms with E-state index in [4.69, 9.17) is 0 Å². The van der Waals surface area contributed by atoms with Crippen LogP contribution in [0.5, 0.6) is 0 Å². The van der Waals surface area contributed by atoms with Crippen molar-refractivity contribution in [3.8, 4) is 0 Å². The van der Waals surface area contributed by atoms with Gasteiger partial charge >= 0.3 is 0 Å². The predicted octanol–water partition coefficient (Wildman–Crippen LogP) is 6.84. The summed E-state index contributed by atoms with van der Waals surface area (Å²) in [4.78, 5) is 19.7. The van der Waals surface area contributed by atoms with Crippen LogP contribution in [0.3, 0.4) is 0 Å². The number of aromatic nitrogens is 1. The molecule has 1 aliphatic carbocycles. The Labute approximate surface area is 212 Å². The molecule has 1 saturated carbocycles. The number of benzene rings is 2. The molecule has 0 spiro atoms. The first-order valence-corrected chi connectivity index (χ1v) is 13.5. The standard InChI is InChI=1S/C29H36FN3OS/c1-29(2,3)23-13-9-21(10-14-23)17-33(18-22-11-15-24(30)16-12-22)19-27-32-26(20-35-27)28(34)31-25-7-5-4-6-8-25/h9-16,20,25H,4-8,17-19H2,1-3H3,(H,31,34). The summed E-state index contributed by atoms with van der Waals surface area (Å²) in [6.45, 7) is 8.68. The highest BCUT2D eigenvalue weighted by Crippen LogP contribution is 2.24. The van der Waals surface area contributed by atoms with Gasteiger partial charge in [0.2, 0.25) is 0 Å². The van der Waals surface area contributed by atoms with Gasteiger partial charge in [-0.2, -0.15) is 0 Å². The normalized spacial score (nSPS) is 14.9. The Morgan fingerprint density at radius 3 is 2.17 bits per heavy atom. The molecule has 1 aliphatic rings. The Kier molecular flexibility index (Phi) is 8.34. The van der Waals surface area contributed by atoms with Crippen LogP contribution in [-0.2, 0) is 25.0 Å². The van der Waals surface area contributed by atoms with E-state index in [1.165, 1.54) is 53.9 Å². The van der Waals surface area contributed by atoms with Gasteiger partial charge < -0.3 is 5.32 Å². The van der Waals surface area contributed by atoms with E-state index >= 15 is 0 Å². The molecule has 6 heteroatoms. The van der Waals surface area contributed by atoms with Gasteiger partial charge in [-0.1, -0.05) is 76.4 Å². The summed E-state index contributed by atoms with van der Waals surface area (Å²) >= 11 is 1.52. The maximum absolute atomic E-state index is 13.4. The highest BCUT2D eigenvalue weighted by molar-refractivity contribution is 7.09. The number of halogens is 1. The molecular weight excluding hydrogens is 457 g/mol. The molecule has 1 aromatic heterocycles. The molecule has 1 amide bonds. The van der Waals surface area contributed by atoms with Crippen molar-refractivity contribution in [1.82, 2.24) is 15.2 Å². The van der Waals surface area contributed by atoms with Gasteiger partial charge in [0.25, 0.3) is 5.91 Å². The zero-order valence-corrected chi connectivity index (χ0v) is 21.8. The van der Waals surface area contributed by atoms with E-state index in [2.05, 4.69) is 60.2 Å². The number of amides is 1. The van der Waals surface area contributed by atoms with Crippen LogP contribution in [0.15, 0.2) is 53.9 Å². The highest BCUT2D eigenvalue weighted by Gasteiger charge is 2.20. The second-order valence-electron chi connectivity index (χ2n) is 10.7. The fourth-order valence-corrected chi connectivity index (χ4v) is 5.38. The van der Waals surface area contributed by atoms with Crippen LogP contribution < -0.4 is 5.32 Å². The fourth-order valence-electron chi connectivity index (χ4n) is 4.57. The lowest BCUT2D eigenvalue weighted by Crippen LogP contribution is -2.36. The zero-order valence-electron chi connectivity index (χ0n) is 21.0. The lowest BCUT2D eigenvalue weighted by Gasteiger charge is -2.23. The minimum absolute atomic E-state index is 0.0674. The van der Waals surface area contributed by atoms with Crippen molar-refractivity contribution < 1.29 is 9.18 Å². The van der Waals surface area contributed by atoms with E-state index < -0.39 is 0 Å². The van der Waals surface area contributed by atoms with Gasteiger partial charge in [0.1, 0.15) is 16.5 Å². The van der Waals surface area contributed by atoms with E-state index in [9.17, 15) is 9.18 Å². The molecule has 0 aliphatic heterocycles. The fraction of sp³-hybridized carbons (Fsp3) is 0.448. The van der Waals surface area contributed by atoms with E-state index in [0.717, 1.165) is 30.0 Å². The number of carbonyl (C=O) groups is 1. The molecule has 0 atom stereocenters. The van der Waals surface area contributed by atoms with Crippen molar-refractivity contribution in [3.63, 3.8) is 0 Å². The Balaban J connectivity index is 1.46. The van der Waals surface area contributed by atoms with Crippen molar-refractivity contribution in [2.75, 3.05) is 0 Å². The molecule has 0 unspecified atom stereocenters. The first-order valence-electron chi connectivity index (χ1n) is 12.6. The molecule has 4 rings (SSSR count). The van der Waals surface area contributed by atoms with Gasteiger partial charge in [-0.3, -0.25) is 9.69 Å². The SMILES string of the molecule is CC(C)(C)c1ccc(CN(Cc2ccc(F)cc2)Cc2nc(C(=O)NC3CCCCC3)cs2)cc1. The molecule has 2 aromatic carbocycles. The summed E-state index contributed by atoms with van der Waals surface area (Å²) in [5.74, 6) is -0.297. The van der Waals surface area contributed by atoms with Gasteiger partial charge in [-0.05, 0) is 47.1 Å². The summed E-state index contributed by atoms with van der Waals surface area (Å²) in [6, 6.07) is 15.7. The molecule has 0 bridgehead atoms. The minimum Gasteiger partial charge on any atom is -0.348 e. The quantitative estimate of drug-likeness (QED) is 0.373. The van der Waals surface area contributed by atoms with E-state index in [1.807, 2.05) is 17.5 Å². The lowest BCUT2D eigenvalue weighted by atomic mass is 9.87. The smallest absolute Gasteiger partial charge is 0.270 e. The van der Waals surface area contributed by atoms with E-state index in [-0.39, 0.29) is 23.2 Å². The molecule has 4 nitrogen and oxygen atoms in total. The Morgan fingerprint density at radius 1 is 0.971 bits per heavy atom. The Morgan fingerprint density at radius 2 is 1.57 bits per heavy atom. The van der Waals surface area contributed by atoms with Crippen molar-refractivity contribution in [2.24, 2.45) is 0 Å². The number of nitrogens with one attached hydrogen (secondary N) is 1. The third kappa shape index (κ3) is 7.45.